The Bertz CT molecular complexity index is 784. The van der Waals surface area contributed by atoms with Crippen LogP contribution in [0.3, 0.4) is 0 Å². The molecule has 23 heavy (non-hydrogen) atoms. The zero-order valence-corrected chi connectivity index (χ0v) is 13.8. The molecule has 1 saturated heterocycles. The molecule has 1 aliphatic heterocycles. The SMILES string of the molecule is Cc1cc(C(=O)NCC2CCN(C)CC2)c2c(=O)[nH]n(C)c2n1. The van der Waals surface area contributed by atoms with Gasteiger partial charge in [0.25, 0.3) is 11.5 Å². The number of piperidine rings is 1. The number of hydrogen-bond acceptors (Lipinski definition) is 4. The number of nitrogens with zero attached hydrogens (tertiary/aromatic N) is 3. The third-order valence-corrected chi connectivity index (χ3v) is 4.58. The number of H-pyrrole nitrogens is 1. The van der Waals surface area contributed by atoms with Crippen molar-refractivity contribution in [1.82, 2.24) is 25.0 Å². The van der Waals surface area contributed by atoms with Crippen molar-refractivity contribution in [2.75, 3.05) is 26.7 Å². The first-order chi connectivity index (χ1) is 11.0. The number of pyridine rings is 1. The van der Waals surface area contributed by atoms with E-state index in [1.54, 1.807) is 17.8 Å². The maximum atomic E-state index is 12.6. The molecule has 2 aromatic heterocycles. The lowest BCUT2D eigenvalue weighted by atomic mass is 9.97. The van der Waals surface area contributed by atoms with Gasteiger partial charge in [-0.15, -0.1) is 0 Å². The molecular weight excluding hydrogens is 294 g/mol. The van der Waals surface area contributed by atoms with Crippen molar-refractivity contribution in [2.24, 2.45) is 13.0 Å². The van der Waals surface area contributed by atoms with Crippen LogP contribution in [0.15, 0.2) is 10.9 Å². The molecule has 3 heterocycles. The topological polar surface area (TPSA) is 83.0 Å². The van der Waals surface area contributed by atoms with Crippen LogP contribution in [0.5, 0.6) is 0 Å². The van der Waals surface area contributed by atoms with Gasteiger partial charge in [-0.05, 0) is 51.9 Å². The summed E-state index contributed by atoms with van der Waals surface area (Å²) in [7, 11) is 3.84. The number of rotatable bonds is 3. The van der Waals surface area contributed by atoms with Crippen molar-refractivity contribution >= 4 is 16.9 Å². The Kier molecular flexibility index (Phi) is 4.21. The van der Waals surface area contributed by atoms with Crippen LogP contribution in [0.1, 0.15) is 28.9 Å². The van der Waals surface area contributed by atoms with E-state index in [0.717, 1.165) is 31.6 Å². The number of aromatic amines is 1. The second-order valence-electron chi connectivity index (χ2n) is 6.47. The molecule has 0 bridgehead atoms. The van der Waals surface area contributed by atoms with Crippen molar-refractivity contribution < 1.29 is 4.79 Å². The number of carbonyl (C=O) groups excluding carboxylic acids is 1. The molecule has 1 amide bonds. The number of aromatic nitrogens is 3. The highest BCUT2D eigenvalue weighted by molar-refractivity contribution is 6.05. The predicted molar refractivity (Wildman–Crippen MR) is 88.6 cm³/mol. The molecule has 2 aromatic rings. The summed E-state index contributed by atoms with van der Waals surface area (Å²) >= 11 is 0. The maximum absolute atomic E-state index is 12.6. The van der Waals surface area contributed by atoms with Crippen molar-refractivity contribution in [3.05, 3.63) is 27.7 Å². The molecule has 1 aliphatic rings. The van der Waals surface area contributed by atoms with Crippen LogP contribution in [0.2, 0.25) is 0 Å². The average molecular weight is 317 g/mol. The van der Waals surface area contributed by atoms with Gasteiger partial charge in [0.2, 0.25) is 0 Å². The van der Waals surface area contributed by atoms with Gasteiger partial charge in [-0.25, -0.2) is 4.98 Å². The van der Waals surface area contributed by atoms with E-state index < -0.39 is 0 Å². The van der Waals surface area contributed by atoms with Crippen LogP contribution in [-0.4, -0.2) is 52.3 Å². The molecule has 0 aliphatic carbocycles. The van der Waals surface area contributed by atoms with Crippen LogP contribution in [-0.2, 0) is 7.05 Å². The lowest BCUT2D eigenvalue weighted by Crippen LogP contribution is -2.37. The number of nitrogens with one attached hydrogen (secondary N) is 2. The van der Waals surface area contributed by atoms with Gasteiger partial charge in [0, 0.05) is 19.3 Å². The summed E-state index contributed by atoms with van der Waals surface area (Å²) in [6.45, 7) is 4.61. The minimum atomic E-state index is -0.278. The highest BCUT2D eigenvalue weighted by atomic mass is 16.2. The molecule has 124 valence electrons. The van der Waals surface area contributed by atoms with E-state index in [0.29, 0.717) is 29.1 Å². The Balaban J connectivity index is 1.80. The van der Waals surface area contributed by atoms with E-state index in [1.165, 1.54) is 0 Å². The van der Waals surface area contributed by atoms with Crippen LogP contribution in [0.25, 0.3) is 11.0 Å². The Morgan fingerprint density at radius 2 is 2.09 bits per heavy atom. The van der Waals surface area contributed by atoms with Gasteiger partial charge in [0.15, 0.2) is 5.65 Å². The first-order valence-corrected chi connectivity index (χ1v) is 7.99. The normalized spacial score (nSPS) is 16.8. The van der Waals surface area contributed by atoms with E-state index in [9.17, 15) is 9.59 Å². The average Bonchev–Trinajstić information content (AvgIpc) is 2.80. The molecule has 0 radical (unpaired) electrons. The van der Waals surface area contributed by atoms with Crippen molar-refractivity contribution in [3.8, 4) is 0 Å². The summed E-state index contributed by atoms with van der Waals surface area (Å²) in [5.74, 6) is 0.304. The Morgan fingerprint density at radius 1 is 1.39 bits per heavy atom. The highest BCUT2D eigenvalue weighted by Gasteiger charge is 2.20. The summed E-state index contributed by atoms with van der Waals surface area (Å²) in [5.41, 5.74) is 1.36. The van der Waals surface area contributed by atoms with Gasteiger partial charge >= 0.3 is 0 Å². The second-order valence-corrected chi connectivity index (χ2v) is 6.47. The smallest absolute Gasteiger partial charge is 0.274 e. The fraction of sp³-hybridized carbons (Fsp3) is 0.562. The molecule has 0 atom stereocenters. The summed E-state index contributed by atoms with van der Waals surface area (Å²) in [4.78, 5) is 31.3. The first kappa shape index (κ1) is 15.7. The van der Waals surface area contributed by atoms with E-state index >= 15 is 0 Å². The zero-order chi connectivity index (χ0) is 16.6. The lowest BCUT2D eigenvalue weighted by molar-refractivity contribution is 0.0940. The fourth-order valence-electron chi connectivity index (χ4n) is 3.16. The van der Waals surface area contributed by atoms with E-state index in [-0.39, 0.29) is 11.5 Å². The van der Waals surface area contributed by atoms with E-state index in [1.807, 2.05) is 6.92 Å². The summed E-state index contributed by atoms with van der Waals surface area (Å²) < 4.78 is 1.55. The number of hydrogen-bond donors (Lipinski definition) is 2. The standard InChI is InChI=1S/C16H23N5O2/c1-10-8-12(13-14(18-10)21(3)19-16(13)23)15(22)17-9-11-4-6-20(2)7-5-11/h8,11H,4-7,9H2,1-3H3,(H,17,22)(H,19,23). The van der Waals surface area contributed by atoms with Crippen molar-refractivity contribution in [3.63, 3.8) is 0 Å². The monoisotopic (exact) mass is 317 g/mol. The van der Waals surface area contributed by atoms with E-state index in [2.05, 4.69) is 27.3 Å². The molecule has 1 fully saturated rings. The number of aryl methyl sites for hydroxylation is 2. The minimum absolute atomic E-state index is 0.198. The Morgan fingerprint density at radius 3 is 2.78 bits per heavy atom. The lowest BCUT2D eigenvalue weighted by Gasteiger charge is -2.28. The quantitative estimate of drug-likeness (QED) is 0.870. The molecule has 0 saturated carbocycles. The third kappa shape index (κ3) is 3.14. The van der Waals surface area contributed by atoms with Crippen LogP contribution >= 0.6 is 0 Å². The number of likely N-dealkylation sites (tertiary alicyclic amines) is 1. The summed E-state index contributed by atoms with van der Waals surface area (Å²) in [6, 6.07) is 1.68. The maximum Gasteiger partial charge on any atom is 0.274 e. The molecule has 0 unspecified atom stereocenters. The number of carbonyl (C=O) groups is 1. The fourth-order valence-corrected chi connectivity index (χ4v) is 3.16. The molecule has 0 spiro atoms. The van der Waals surface area contributed by atoms with Crippen LogP contribution in [0, 0.1) is 12.8 Å². The zero-order valence-electron chi connectivity index (χ0n) is 13.8. The molecule has 7 nitrogen and oxygen atoms in total. The summed E-state index contributed by atoms with van der Waals surface area (Å²) in [5, 5.41) is 6.01. The largest absolute Gasteiger partial charge is 0.352 e. The van der Waals surface area contributed by atoms with Gasteiger partial charge in [0.05, 0.1) is 10.9 Å². The van der Waals surface area contributed by atoms with Crippen molar-refractivity contribution in [2.45, 2.75) is 19.8 Å². The van der Waals surface area contributed by atoms with E-state index in [4.69, 9.17) is 0 Å². The molecule has 0 aromatic carbocycles. The first-order valence-electron chi connectivity index (χ1n) is 7.99. The van der Waals surface area contributed by atoms with Gasteiger partial charge in [0.1, 0.15) is 0 Å². The van der Waals surface area contributed by atoms with Gasteiger partial charge in [-0.1, -0.05) is 0 Å². The van der Waals surface area contributed by atoms with Crippen LogP contribution in [0.4, 0.5) is 0 Å². The number of fused-ring (bicyclic) bond motifs is 1. The van der Waals surface area contributed by atoms with Gasteiger partial charge in [-0.3, -0.25) is 19.4 Å². The number of amides is 1. The minimum Gasteiger partial charge on any atom is -0.352 e. The Hall–Kier alpha value is -2.15. The van der Waals surface area contributed by atoms with Crippen LogP contribution < -0.4 is 10.9 Å². The molecule has 3 rings (SSSR count). The molecular formula is C16H23N5O2. The Labute approximate surface area is 134 Å². The predicted octanol–water partition coefficient (Wildman–Crippen LogP) is 0.642. The van der Waals surface area contributed by atoms with Crippen molar-refractivity contribution in [1.29, 1.82) is 0 Å². The second kappa shape index (κ2) is 6.16. The molecule has 7 heteroatoms. The summed E-state index contributed by atoms with van der Waals surface area (Å²) in [6.07, 6.45) is 2.18. The van der Waals surface area contributed by atoms with Gasteiger partial charge < -0.3 is 10.2 Å². The third-order valence-electron chi connectivity index (χ3n) is 4.58. The highest BCUT2D eigenvalue weighted by Crippen LogP contribution is 2.17. The van der Waals surface area contributed by atoms with Gasteiger partial charge in [-0.2, -0.15) is 0 Å². The molecule has 2 N–H and O–H groups in total.